The summed E-state index contributed by atoms with van der Waals surface area (Å²) in [4.78, 5) is 28.8. The smallest absolute Gasteiger partial charge is 0.273 e. The van der Waals surface area contributed by atoms with E-state index in [1.807, 2.05) is 18.2 Å². The number of amides is 2. The number of benzene rings is 2. The number of anilines is 2. The van der Waals surface area contributed by atoms with Crippen molar-refractivity contribution in [2.24, 2.45) is 10.8 Å². The van der Waals surface area contributed by atoms with Crippen LogP contribution in [-0.4, -0.2) is 28.6 Å². The topological polar surface area (TPSA) is 101 Å². The number of halogens is 1. The number of aromatic nitrogens is 1. The number of hydrazone groups is 1. The number of hydrogen-bond donors (Lipinski definition) is 2. The summed E-state index contributed by atoms with van der Waals surface area (Å²) >= 11 is 7.30. The standard InChI is InChI=1S/C18H14ClN5O2S/c19-10-6-7-12-15(8-10)27-18(21-12)22-17(26)13-9-14(16(20)25)24(23-13)11-4-2-1-3-5-11/h1-8,14H,9H2,(H2,20,25)(H,21,22,26). The van der Waals surface area contributed by atoms with Crippen LogP contribution in [0.4, 0.5) is 10.8 Å². The number of carbonyl (C=O) groups excluding carboxylic acids is 2. The van der Waals surface area contributed by atoms with Crippen molar-refractivity contribution in [2.75, 3.05) is 10.3 Å². The second kappa shape index (κ2) is 6.98. The van der Waals surface area contributed by atoms with Gasteiger partial charge in [-0.1, -0.05) is 41.1 Å². The number of nitrogens with two attached hydrogens (primary N) is 1. The lowest BCUT2D eigenvalue weighted by molar-refractivity contribution is -0.119. The Morgan fingerprint density at radius 3 is 2.74 bits per heavy atom. The van der Waals surface area contributed by atoms with Gasteiger partial charge in [0.15, 0.2) is 5.13 Å². The number of hydrogen-bond acceptors (Lipinski definition) is 6. The fraction of sp³-hybridized carbons (Fsp3) is 0.111. The van der Waals surface area contributed by atoms with Crippen LogP contribution in [0.2, 0.25) is 5.02 Å². The molecular formula is C18H14ClN5O2S. The van der Waals surface area contributed by atoms with Crippen molar-refractivity contribution in [2.45, 2.75) is 12.5 Å². The zero-order chi connectivity index (χ0) is 19.0. The van der Waals surface area contributed by atoms with Gasteiger partial charge in [-0.15, -0.1) is 0 Å². The Labute approximate surface area is 163 Å². The molecule has 0 aliphatic carbocycles. The third-order valence-corrected chi connectivity index (χ3v) is 5.26. The van der Waals surface area contributed by atoms with Gasteiger partial charge in [0.25, 0.3) is 5.91 Å². The summed E-state index contributed by atoms with van der Waals surface area (Å²) in [5, 5.41) is 9.58. The Morgan fingerprint density at radius 1 is 1.22 bits per heavy atom. The summed E-state index contributed by atoms with van der Waals surface area (Å²) in [6, 6.07) is 13.7. The molecule has 1 unspecified atom stereocenters. The first-order valence-corrected chi connectivity index (χ1v) is 9.29. The van der Waals surface area contributed by atoms with Crippen molar-refractivity contribution in [3.8, 4) is 0 Å². The van der Waals surface area contributed by atoms with Crippen molar-refractivity contribution in [1.29, 1.82) is 0 Å². The summed E-state index contributed by atoms with van der Waals surface area (Å²) in [6.07, 6.45) is 0.132. The lowest BCUT2D eigenvalue weighted by Crippen LogP contribution is -2.39. The molecule has 1 atom stereocenters. The number of nitrogens with one attached hydrogen (secondary N) is 1. The molecule has 2 amide bonds. The Morgan fingerprint density at radius 2 is 2.00 bits per heavy atom. The normalized spacial score (nSPS) is 16.4. The molecule has 1 aliphatic rings. The van der Waals surface area contributed by atoms with E-state index in [1.54, 1.807) is 30.3 Å². The highest BCUT2D eigenvalue weighted by Crippen LogP contribution is 2.29. The average molecular weight is 400 g/mol. The van der Waals surface area contributed by atoms with E-state index in [9.17, 15) is 9.59 Å². The first kappa shape index (κ1) is 17.4. The van der Waals surface area contributed by atoms with Gasteiger partial charge in [-0.25, -0.2) is 4.98 Å². The van der Waals surface area contributed by atoms with Crippen LogP contribution in [0.5, 0.6) is 0 Å². The molecule has 9 heteroatoms. The summed E-state index contributed by atoms with van der Waals surface area (Å²) in [7, 11) is 0. The molecule has 27 heavy (non-hydrogen) atoms. The zero-order valence-electron chi connectivity index (χ0n) is 13.9. The quantitative estimate of drug-likeness (QED) is 0.704. The fourth-order valence-electron chi connectivity index (χ4n) is 2.81. The van der Waals surface area contributed by atoms with Gasteiger partial charge >= 0.3 is 0 Å². The molecule has 0 saturated carbocycles. The SMILES string of the molecule is NC(=O)C1CC(C(=O)Nc2nc3ccc(Cl)cc3s2)=NN1c1ccccc1. The first-order valence-electron chi connectivity index (χ1n) is 8.10. The van der Waals surface area contributed by atoms with Gasteiger partial charge in [0.05, 0.1) is 15.9 Å². The van der Waals surface area contributed by atoms with Crippen LogP contribution in [-0.2, 0) is 9.59 Å². The average Bonchev–Trinajstić information content (AvgIpc) is 3.26. The third kappa shape index (κ3) is 3.49. The predicted molar refractivity (Wildman–Crippen MR) is 107 cm³/mol. The lowest BCUT2D eigenvalue weighted by atomic mass is 10.1. The Balaban J connectivity index is 1.58. The summed E-state index contributed by atoms with van der Waals surface area (Å²) in [5.74, 6) is -0.954. The van der Waals surface area contributed by atoms with Crippen molar-refractivity contribution in [3.63, 3.8) is 0 Å². The fourth-order valence-corrected chi connectivity index (χ4v) is 3.95. The molecule has 3 aromatic rings. The van der Waals surface area contributed by atoms with Crippen molar-refractivity contribution in [3.05, 3.63) is 53.6 Å². The van der Waals surface area contributed by atoms with Gasteiger partial charge in [0, 0.05) is 11.4 Å². The van der Waals surface area contributed by atoms with Gasteiger partial charge < -0.3 is 5.73 Å². The summed E-state index contributed by atoms with van der Waals surface area (Å²) < 4.78 is 0.868. The van der Waals surface area contributed by atoms with Crippen LogP contribution in [0, 0.1) is 0 Å². The van der Waals surface area contributed by atoms with Crippen molar-refractivity contribution < 1.29 is 9.59 Å². The molecule has 0 saturated heterocycles. The van der Waals surface area contributed by atoms with Crippen LogP contribution in [0.15, 0.2) is 53.6 Å². The number of fused-ring (bicyclic) bond motifs is 1. The molecule has 1 aliphatic heterocycles. The molecule has 2 heterocycles. The van der Waals surface area contributed by atoms with E-state index >= 15 is 0 Å². The molecule has 3 N–H and O–H groups in total. The number of carbonyl (C=O) groups is 2. The van der Waals surface area contributed by atoms with Crippen molar-refractivity contribution >= 4 is 61.5 Å². The Kier molecular flexibility index (Phi) is 4.51. The highest BCUT2D eigenvalue weighted by Gasteiger charge is 2.35. The van der Waals surface area contributed by atoms with Crippen LogP contribution < -0.4 is 16.1 Å². The number of rotatable bonds is 4. The van der Waals surface area contributed by atoms with Gasteiger partial charge in [0.2, 0.25) is 5.91 Å². The molecule has 2 aromatic carbocycles. The van der Waals surface area contributed by atoms with Crippen LogP contribution in [0.25, 0.3) is 10.2 Å². The summed E-state index contributed by atoms with van der Waals surface area (Å²) in [6.45, 7) is 0. The van der Waals surface area contributed by atoms with Gasteiger partial charge in [-0.2, -0.15) is 5.10 Å². The van der Waals surface area contributed by atoms with Crippen LogP contribution in [0.1, 0.15) is 6.42 Å². The number of para-hydroxylation sites is 1. The van der Waals surface area contributed by atoms with Crippen LogP contribution in [0.3, 0.4) is 0 Å². The lowest BCUT2D eigenvalue weighted by Gasteiger charge is -2.20. The van der Waals surface area contributed by atoms with E-state index in [0.717, 1.165) is 10.2 Å². The molecule has 0 fully saturated rings. The minimum absolute atomic E-state index is 0.132. The van der Waals surface area contributed by atoms with Crippen LogP contribution >= 0.6 is 22.9 Å². The molecule has 136 valence electrons. The maximum absolute atomic E-state index is 12.6. The van der Waals surface area contributed by atoms with Gasteiger partial charge in [-0.05, 0) is 30.3 Å². The Bertz CT molecular complexity index is 1070. The van der Waals surface area contributed by atoms with Gasteiger partial charge in [0.1, 0.15) is 11.8 Å². The minimum atomic E-state index is -0.706. The molecule has 0 radical (unpaired) electrons. The monoisotopic (exact) mass is 399 g/mol. The van der Waals surface area contributed by atoms with E-state index in [4.69, 9.17) is 17.3 Å². The maximum Gasteiger partial charge on any atom is 0.273 e. The Hall–Kier alpha value is -2.97. The molecule has 4 rings (SSSR count). The molecular weight excluding hydrogens is 386 g/mol. The molecule has 0 bridgehead atoms. The molecule has 0 spiro atoms. The van der Waals surface area contributed by atoms with E-state index in [-0.39, 0.29) is 12.1 Å². The minimum Gasteiger partial charge on any atom is -0.368 e. The van der Waals surface area contributed by atoms with E-state index in [1.165, 1.54) is 16.3 Å². The zero-order valence-corrected chi connectivity index (χ0v) is 15.5. The number of primary amides is 1. The predicted octanol–water partition coefficient (Wildman–Crippen LogP) is 3.01. The van der Waals surface area contributed by atoms with E-state index < -0.39 is 17.9 Å². The van der Waals surface area contributed by atoms with Gasteiger partial charge in [-0.3, -0.25) is 19.9 Å². The second-order valence-corrected chi connectivity index (χ2v) is 7.40. The third-order valence-electron chi connectivity index (χ3n) is 4.09. The first-order chi connectivity index (χ1) is 13.0. The summed E-state index contributed by atoms with van der Waals surface area (Å²) in [5.41, 5.74) is 7.16. The van der Waals surface area contributed by atoms with E-state index in [2.05, 4.69) is 15.4 Å². The number of nitrogens with zero attached hydrogens (tertiary/aromatic N) is 3. The molecule has 1 aromatic heterocycles. The van der Waals surface area contributed by atoms with Crippen molar-refractivity contribution in [1.82, 2.24) is 4.98 Å². The highest BCUT2D eigenvalue weighted by molar-refractivity contribution is 7.22. The second-order valence-electron chi connectivity index (χ2n) is 5.93. The number of thiazole rings is 1. The largest absolute Gasteiger partial charge is 0.368 e. The molecule has 7 nitrogen and oxygen atoms in total. The highest BCUT2D eigenvalue weighted by atomic mass is 35.5. The maximum atomic E-state index is 12.6. The van der Waals surface area contributed by atoms with E-state index in [0.29, 0.717) is 15.8 Å².